The van der Waals surface area contributed by atoms with E-state index in [-0.39, 0.29) is 5.91 Å². The molecule has 0 saturated carbocycles. The largest absolute Gasteiger partial charge is 0.480 e. The van der Waals surface area contributed by atoms with Gasteiger partial charge in [-0.25, -0.2) is 0 Å². The summed E-state index contributed by atoms with van der Waals surface area (Å²) in [6, 6.07) is -0.789. The number of nitrogens with one attached hydrogen (secondary N) is 1. The number of nitrogens with two attached hydrogens (primary N) is 1. The number of carboxylic acids is 1. The molecule has 0 bridgehead atoms. The van der Waals surface area contributed by atoms with Crippen LogP contribution in [0.5, 0.6) is 0 Å². The van der Waals surface area contributed by atoms with Crippen molar-refractivity contribution in [2.75, 3.05) is 6.54 Å². The Morgan fingerprint density at radius 2 is 1.38 bits per heavy atom. The van der Waals surface area contributed by atoms with Gasteiger partial charge in [-0.15, -0.1) is 0 Å². The third-order valence-corrected chi connectivity index (χ3v) is 5.25. The van der Waals surface area contributed by atoms with Gasteiger partial charge in [0.25, 0.3) is 0 Å². The van der Waals surface area contributed by atoms with Gasteiger partial charge in [-0.2, -0.15) is 0 Å². The van der Waals surface area contributed by atoms with Gasteiger partial charge < -0.3 is 16.2 Å². The van der Waals surface area contributed by atoms with E-state index in [4.69, 9.17) is 10.8 Å². The monoisotopic (exact) mass is 410 g/mol. The Morgan fingerprint density at radius 3 is 1.97 bits per heavy atom. The molecule has 0 spiro atoms. The Morgan fingerprint density at radius 1 is 0.828 bits per heavy atom. The molecular weight excluding hydrogens is 364 g/mol. The Bertz CT molecular complexity index is 424. The molecule has 0 radical (unpaired) electrons. The zero-order chi connectivity index (χ0) is 21.6. The predicted molar refractivity (Wildman–Crippen MR) is 122 cm³/mol. The molecule has 0 aromatic rings. The fraction of sp³-hybridized carbons (Fsp3) is 0.833. The molecular formula is C24H46N2O3. The lowest BCUT2D eigenvalue weighted by atomic mass is 10.1. The number of unbranched alkanes of at least 4 members (excludes halogenated alkanes) is 12. The minimum atomic E-state index is -0.959. The number of hydrogen-bond donors (Lipinski definition) is 3. The number of rotatable bonds is 21. The number of amides is 1. The van der Waals surface area contributed by atoms with Crippen LogP contribution in [-0.4, -0.2) is 29.6 Å². The Labute approximate surface area is 178 Å². The van der Waals surface area contributed by atoms with Crippen molar-refractivity contribution in [1.82, 2.24) is 5.32 Å². The summed E-state index contributed by atoms with van der Waals surface area (Å²) < 4.78 is 0. The van der Waals surface area contributed by atoms with Crippen LogP contribution in [0.2, 0.25) is 0 Å². The first-order chi connectivity index (χ1) is 14.1. The van der Waals surface area contributed by atoms with Crippen molar-refractivity contribution in [1.29, 1.82) is 0 Å². The molecule has 0 heterocycles. The zero-order valence-electron chi connectivity index (χ0n) is 18.8. The van der Waals surface area contributed by atoms with Crippen molar-refractivity contribution < 1.29 is 14.7 Å². The van der Waals surface area contributed by atoms with Crippen molar-refractivity contribution in [3.05, 3.63) is 12.2 Å². The highest BCUT2D eigenvalue weighted by Gasteiger charge is 2.10. The summed E-state index contributed by atoms with van der Waals surface area (Å²) in [7, 11) is 0. The van der Waals surface area contributed by atoms with Gasteiger partial charge in [0.05, 0.1) is 0 Å². The molecule has 1 atom stereocenters. The average Bonchev–Trinajstić information content (AvgIpc) is 2.70. The molecule has 0 aliphatic heterocycles. The lowest BCUT2D eigenvalue weighted by molar-refractivity contribution is -0.138. The summed E-state index contributed by atoms with van der Waals surface area (Å²) in [6.45, 7) is 2.86. The van der Waals surface area contributed by atoms with Crippen molar-refractivity contribution in [2.24, 2.45) is 5.73 Å². The summed E-state index contributed by atoms with van der Waals surface area (Å²) in [5.41, 5.74) is 5.44. The molecule has 4 N–H and O–H groups in total. The lowest BCUT2D eigenvalue weighted by Gasteiger charge is -2.07. The van der Waals surface area contributed by atoms with E-state index in [1.165, 1.54) is 70.6 Å². The fourth-order valence-electron chi connectivity index (χ4n) is 3.29. The SMILES string of the molecule is CCCCC/C=C/CCCCCCCCCCC(=O)NCCCC[C@H](N)C(=O)O. The zero-order valence-corrected chi connectivity index (χ0v) is 18.8. The number of carbonyl (C=O) groups is 2. The summed E-state index contributed by atoms with van der Waals surface area (Å²) in [6.07, 6.45) is 23.6. The first kappa shape index (κ1) is 27.6. The maximum Gasteiger partial charge on any atom is 0.320 e. The van der Waals surface area contributed by atoms with Crippen molar-refractivity contribution in [2.45, 2.75) is 122 Å². The number of carboxylic acid groups (broad SMARTS) is 1. The van der Waals surface area contributed by atoms with E-state index in [0.717, 1.165) is 25.7 Å². The van der Waals surface area contributed by atoms with E-state index in [9.17, 15) is 9.59 Å². The van der Waals surface area contributed by atoms with Gasteiger partial charge in [-0.1, -0.05) is 70.4 Å². The smallest absolute Gasteiger partial charge is 0.320 e. The molecule has 5 nitrogen and oxygen atoms in total. The second-order valence-electron chi connectivity index (χ2n) is 8.12. The van der Waals surface area contributed by atoms with E-state index in [1.807, 2.05) is 0 Å². The van der Waals surface area contributed by atoms with Gasteiger partial charge in [0.15, 0.2) is 0 Å². The van der Waals surface area contributed by atoms with Crippen molar-refractivity contribution in [3.8, 4) is 0 Å². The first-order valence-corrected chi connectivity index (χ1v) is 12.0. The molecule has 0 saturated heterocycles. The van der Waals surface area contributed by atoms with Crippen molar-refractivity contribution >= 4 is 11.9 Å². The van der Waals surface area contributed by atoms with Gasteiger partial charge in [0, 0.05) is 13.0 Å². The first-order valence-electron chi connectivity index (χ1n) is 12.0. The third kappa shape index (κ3) is 21.2. The van der Waals surface area contributed by atoms with Gasteiger partial charge in [-0.05, 0) is 51.4 Å². The molecule has 0 aromatic carbocycles. The molecule has 0 rings (SSSR count). The predicted octanol–water partition coefficient (Wildman–Crippen LogP) is 5.72. The Kier molecular flexibility index (Phi) is 20.3. The summed E-state index contributed by atoms with van der Waals surface area (Å²) >= 11 is 0. The van der Waals surface area contributed by atoms with E-state index in [2.05, 4.69) is 24.4 Å². The van der Waals surface area contributed by atoms with E-state index >= 15 is 0 Å². The lowest BCUT2D eigenvalue weighted by Crippen LogP contribution is -2.30. The highest BCUT2D eigenvalue weighted by atomic mass is 16.4. The standard InChI is InChI=1S/C24H46N2O3/c1-2-3-4-5-6-7-8-9-10-11-12-13-14-15-16-20-23(27)26-21-18-17-19-22(25)24(28)29/h6-7,22H,2-5,8-21,25H2,1H3,(H,26,27)(H,28,29)/b7-6+/t22-/m0/s1. The molecule has 0 aromatic heterocycles. The van der Waals surface area contributed by atoms with Crippen LogP contribution in [0.4, 0.5) is 0 Å². The fourth-order valence-corrected chi connectivity index (χ4v) is 3.29. The van der Waals surface area contributed by atoms with Crippen LogP contribution in [0.15, 0.2) is 12.2 Å². The van der Waals surface area contributed by atoms with Gasteiger partial charge in [0.2, 0.25) is 5.91 Å². The van der Waals surface area contributed by atoms with Crippen LogP contribution in [0, 0.1) is 0 Å². The van der Waals surface area contributed by atoms with Crippen LogP contribution in [0.3, 0.4) is 0 Å². The molecule has 0 fully saturated rings. The number of carbonyl (C=O) groups excluding carboxylic acids is 1. The summed E-state index contributed by atoms with van der Waals surface area (Å²) in [5.74, 6) is -0.852. The number of aliphatic carboxylic acids is 1. The van der Waals surface area contributed by atoms with Crippen LogP contribution >= 0.6 is 0 Å². The normalized spacial score (nSPS) is 12.3. The minimum absolute atomic E-state index is 0.107. The molecule has 0 unspecified atom stereocenters. The quantitative estimate of drug-likeness (QED) is 0.167. The Balaban J connectivity index is 3.26. The molecule has 29 heavy (non-hydrogen) atoms. The second kappa shape index (κ2) is 21.4. The van der Waals surface area contributed by atoms with Gasteiger partial charge in [-0.3, -0.25) is 9.59 Å². The van der Waals surface area contributed by atoms with Crippen molar-refractivity contribution in [3.63, 3.8) is 0 Å². The number of allylic oxidation sites excluding steroid dienone is 2. The maximum absolute atomic E-state index is 11.7. The highest BCUT2D eigenvalue weighted by molar-refractivity contribution is 5.75. The number of hydrogen-bond acceptors (Lipinski definition) is 3. The molecule has 0 aliphatic rings. The van der Waals surface area contributed by atoms with Gasteiger partial charge in [0.1, 0.15) is 6.04 Å². The van der Waals surface area contributed by atoms with Crippen LogP contribution in [-0.2, 0) is 9.59 Å². The molecule has 170 valence electrons. The van der Waals surface area contributed by atoms with E-state index < -0.39 is 12.0 Å². The highest BCUT2D eigenvalue weighted by Crippen LogP contribution is 2.11. The topological polar surface area (TPSA) is 92.4 Å². The van der Waals surface area contributed by atoms with Crippen LogP contribution < -0.4 is 11.1 Å². The minimum Gasteiger partial charge on any atom is -0.480 e. The second-order valence-corrected chi connectivity index (χ2v) is 8.12. The molecule has 5 heteroatoms. The van der Waals surface area contributed by atoms with E-state index in [1.54, 1.807) is 0 Å². The third-order valence-electron chi connectivity index (χ3n) is 5.25. The molecule has 1 amide bonds. The van der Waals surface area contributed by atoms with Crippen LogP contribution in [0.1, 0.15) is 116 Å². The summed E-state index contributed by atoms with van der Waals surface area (Å²) in [5, 5.41) is 11.6. The van der Waals surface area contributed by atoms with E-state index in [0.29, 0.717) is 19.4 Å². The summed E-state index contributed by atoms with van der Waals surface area (Å²) in [4.78, 5) is 22.3. The van der Waals surface area contributed by atoms with Crippen LogP contribution in [0.25, 0.3) is 0 Å². The van der Waals surface area contributed by atoms with Gasteiger partial charge >= 0.3 is 5.97 Å². The average molecular weight is 411 g/mol. The maximum atomic E-state index is 11.7. The Hall–Kier alpha value is -1.36. The molecule has 0 aliphatic carbocycles.